The van der Waals surface area contributed by atoms with E-state index in [-0.39, 0.29) is 6.61 Å². The number of nitrogens with zero attached hydrogens (tertiary/aromatic N) is 1. The Morgan fingerprint density at radius 1 is 1.25 bits per heavy atom. The lowest BCUT2D eigenvalue weighted by atomic mass is 9.89. The Morgan fingerprint density at radius 2 is 2.04 bits per heavy atom. The van der Waals surface area contributed by atoms with Crippen LogP contribution in [0.3, 0.4) is 0 Å². The number of aliphatic hydroxyl groups is 1. The largest absolute Gasteiger partial charge is 0.392 e. The maximum Gasteiger partial charge on any atom is 0.150 e. The molecule has 1 saturated carbocycles. The molecule has 0 heterocycles. The average Bonchev–Trinajstić information content (AvgIpc) is 3.44. The number of hydrogen-bond donors (Lipinski definition) is 1. The molecule has 0 spiro atoms. The fraction of sp³-hybridized carbons (Fsp3) is 0.250. The topological polar surface area (TPSA) is 40.5 Å². The van der Waals surface area contributed by atoms with Crippen molar-refractivity contribution >= 4 is 31.4 Å². The number of carbonyl (C=O) groups is 1. The Kier molecular flexibility index (Phi) is 4.86. The van der Waals surface area contributed by atoms with Crippen LogP contribution < -0.4 is 10.4 Å². The Labute approximate surface area is 144 Å². The Morgan fingerprint density at radius 3 is 2.71 bits per heavy atom. The van der Waals surface area contributed by atoms with Crippen LogP contribution in [0.4, 0.5) is 5.69 Å². The quantitative estimate of drug-likeness (QED) is 0.658. The molecular formula is C20H20BNO2. The summed E-state index contributed by atoms with van der Waals surface area (Å²) in [6.07, 6.45) is 7.17. The standard InChI is InChI=1S/C20H20BNO2/c1-22(20-4-2-3-19(21)18(20)13-24)10-9-16-11-15(14-5-6-14)7-8-17(16)12-23/h2-4,7-12,14,24H,5-6,13H2,1H3/b10-9-. The molecule has 1 aliphatic carbocycles. The first kappa shape index (κ1) is 16.5. The lowest BCUT2D eigenvalue weighted by Crippen LogP contribution is -2.18. The van der Waals surface area contributed by atoms with Crippen LogP contribution >= 0.6 is 0 Å². The molecule has 120 valence electrons. The number of carbonyl (C=O) groups excluding carboxylic acids is 1. The van der Waals surface area contributed by atoms with Crippen LogP contribution in [0.1, 0.15) is 45.8 Å². The fourth-order valence-corrected chi connectivity index (χ4v) is 2.88. The highest BCUT2D eigenvalue weighted by atomic mass is 16.3. The molecule has 4 heteroatoms. The van der Waals surface area contributed by atoms with Gasteiger partial charge in [-0.15, -0.1) is 0 Å². The van der Waals surface area contributed by atoms with Gasteiger partial charge in [0.1, 0.15) is 7.85 Å². The first-order valence-corrected chi connectivity index (χ1v) is 8.12. The Bertz CT molecular complexity index is 781. The van der Waals surface area contributed by atoms with Crippen LogP contribution in [-0.2, 0) is 6.61 Å². The lowest BCUT2D eigenvalue weighted by molar-refractivity contribution is 0.112. The van der Waals surface area contributed by atoms with Crippen molar-refractivity contribution in [3.8, 4) is 0 Å². The minimum atomic E-state index is -0.114. The number of rotatable bonds is 6. The highest BCUT2D eigenvalue weighted by Crippen LogP contribution is 2.40. The monoisotopic (exact) mass is 317 g/mol. The van der Waals surface area contributed by atoms with Gasteiger partial charge in [-0.25, -0.2) is 0 Å². The van der Waals surface area contributed by atoms with E-state index in [0.29, 0.717) is 22.5 Å². The van der Waals surface area contributed by atoms with E-state index in [0.717, 1.165) is 17.5 Å². The summed E-state index contributed by atoms with van der Waals surface area (Å²) in [4.78, 5) is 13.2. The number of aliphatic hydroxyl groups excluding tert-OH is 1. The average molecular weight is 317 g/mol. The molecule has 1 N–H and O–H groups in total. The third kappa shape index (κ3) is 3.44. The van der Waals surface area contributed by atoms with Gasteiger partial charge in [-0.3, -0.25) is 4.79 Å². The van der Waals surface area contributed by atoms with Crippen molar-refractivity contribution in [3.05, 3.63) is 64.9 Å². The van der Waals surface area contributed by atoms with Gasteiger partial charge < -0.3 is 10.0 Å². The molecule has 3 rings (SSSR count). The summed E-state index contributed by atoms with van der Waals surface area (Å²) in [5.74, 6) is 0.644. The molecule has 0 aliphatic heterocycles. The molecule has 1 aliphatic rings. The maximum absolute atomic E-state index is 11.3. The molecule has 24 heavy (non-hydrogen) atoms. The van der Waals surface area contributed by atoms with Crippen molar-refractivity contribution in [3.63, 3.8) is 0 Å². The van der Waals surface area contributed by atoms with E-state index >= 15 is 0 Å². The number of benzene rings is 2. The molecule has 1 fully saturated rings. The maximum atomic E-state index is 11.3. The summed E-state index contributed by atoms with van der Waals surface area (Å²) in [6.45, 7) is -0.114. The fourth-order valence-electron chi connectivity index (χ4n) is 2.88. The van der Waals surface area contributed by atoms with Crippen molar-refractivity contribution in [2.24, 2.45) is 0 Å². The third-order valence-corrected chi connectivity index (χ3v) is 4.49. The van der Waals surface area contributed by atoms with Gasteiger partial charge in [0.05, 0.1) is 6.61 Å². The van der Waals surface area contributed by atoms with Crippen LogP contribution in [0.15, 0.2) is 42.6 Å². The van der Waals surface area contributed by atoms with Gasteiger partial charge >= 0.3 is 0 Å². The molecule has 0 atom stereocenters. The summed E-state index contributed by atoms with van der Waals surface area (Å²) in [6, 6.07) is 11.6. The Hall–Kier alpha value is -2.33. The molecule has 2 aromatic rings. The summed E-state index contributed by atoms with van der Waals surface area (Å²) < 4.78 is 0. The van der Waals surface area contributed by atoms with Gasteiger partial charge in [0.15, 0.2) is 6.29 Å². The predicted octanol–water partition coefficient (Wildman–Crippen LogP) is 2.77. The van der Waals surface area contributed by atoms with E-state index in [4.69, 9.17) is 7.85 Å². The molecule has 3 nitrogen and oxygen atoms in total. The van der Waals surface area contributed by atoms with Crippen LogP contribution in [0.2, 0.25) is 0 Å². The van der Waals surface area contributed by atoms with Gasteiger partial charge in [-0.1, -0.05) is 35.8 Å². The smallest absolute Gasteiger partial charge is 0.150 e. The lowest BCUT2D eigenvalue weighted by Gasteiger charge is -2.19. The predicted molar refractivity (Wildman–Crippen MR) is 99.0 cm³/mol. The van der Waals surface area contributed by atoms with Crippen LogP contribution in [-0.4, -0.2) is 26.3 Å². The summed E-state index contributed by atoms with van der Waals surface area (Å²) in [7, 11) is 7.82. The van der Waals surface area contributed by atoms with Crippen molar-refractivity contribution in [1.82, 2.24) is 0 Å². The first-order valence-electron chi connectivity index (χ1n) is 8.12. The summed E-state index contributed by atoms with van der Waals surface area (Å²) >= 11 is 0. The van der Waals surface area contributed by atoms with Gasteiger partial charge in [0, 0.05) is 24.5 Å². The number of aldehydes is 1. The van der Waals surface area contributed by atoms with E-state index in [2.05, 4.69) is 6.07 Å². The van der Waals surface area contributed by atoms with Gasteiger partial charge in [-0.2, -0.15) is 0 Å². The molecular weight excluding hydrogens is 297 g/mol. The van der Waals surface area contributed by atoms with E-state index in [1.54, 1.807) is 6.07 Å². The summed E-state index contributed by atoms with van der Waals surface area (Å²) in [5.41, 5.74) is 5.00. The number of hydrogen-bond acceptors (Lipinski definition) is 3. The molecule has 0 amide bonds. The highest BCUT2D eigenvalue weighted by molar-refractivity contribution is 6.33. The molecule has 2 aromatic carbocycles. The molecule has 0 bridgehead atoms. The molecule has 0 aromatic heterocycles. The minimum Gasteiger partial charge on any atom is -0.392 e. The van der Waals surface area contributed by atoms with Crippen LogP contribution in [0.5, 0.6) is 0 Å². The minimum absolute atomic E-state index is 0.114. The third-order valence-electron chi connectivity index (χ3n) is 4.49. The van der Waals surface area contributed by atoms with Crippen molar-refractivity contribution < 1.29 is 9.90 Å². The van der Waals surface area contributed by atoms with Gasteiger partial charge in [0.2, 0.25) is 0 Å². The Balaban J connectivity index is 1.89. The zero-order valence-corrected chi connectivity index (χ0v) is 13.8. The highest BCUT2D eigenvalue weighted by Gasteiger charge is 2.23. The van der Waals surface area contributed by atoms with Gasteiger partial charge in [0.25, 0.3) is 0 Å². The van der Waals surface area contributed by atoms with Crippen LogP contribution in [0, 0.1) is 0 Å². The van der Waals surface area contributed by atoms with Gasteiger partial charge in [-0.05, 0) is 47.6 Å². The van der Waals surface area contributed by atoms with Crippen molar-refractivity contribution in [1.29, 1.82) is 0 Å². The number of anilines is 1. The SMILES string of the molecule is [B]c1cccc(N(C)/C=C\c2cc(C3CC3)ccc2C=O)c1CO. The summed E-state index contributed by atoms with van der Waals surface area (Å²) in [5, 5.41) is 9.54. The molecule has 0 unspecified atom stereocenters. The van der Waals surface area contributed by atoms with Crippen molar-refractivity contribution in [2.45, 2.75) is 25.4 Å². The second-order valence-corrected chi connectivity index (χ2v) is 6.21. The van der Waals surface area contributed by atoms with E-state index < -0.39 is 0 Å². The van der Waals surface area contributed by atoms with Crippen LogP contribution in [0.25, 0.3) is 6.08 Å². The second kappa shape index (κ2) is 7.06. The first-order chi connectivity index (χ1) is 11.6. The zero-order valence-electron chi connectivity index (χ0n) is 13.8. The second-order valence-electron chi connectivity index (χ2n) is 6.21. The molecule has 0 saturated heterocycles. The van der Waals surface area contributed by atoms with E-state index in [9.17, 15) is 9.90 Å². The normalized spacial score (nSPS) is 14.1. The molecule has 2 radical (unpaired) electrons. The van der Waals surface area contributed by atoms with E-state index in [1.165, 1.54) is 18.4 Å². The van der Waals surface area contributed by atoms with Crippen molar-refractivity contribution in [2.75, 3.05) is 11.9 Å². The van der Waals surface area contributed by atoms with E-state index in [1.807, 2.05) is 48.5 Å². The zero-order chi connectivity index (χ0) is 17.1.